The number of likely N-dealkylation sites (N-methyl/N-ethyl adjacent to an activating group) is 1. The van der Waals surface area contributed by atoms with Crippen molar-refractivity contribution in [1.29, 1.82) is 0 Å². The predicted octanol–water partition coefficient (Wildman–Crippen LogP) is 1.31. The van der Waals surface area contributed by atoms with E-state index in [4.69, 9.17) is 0 Å². The van der Waals surface area contributed by atoms with Gasteiger partial charge in [0, 0.05) is 52.4 Å². The maximum Gasteiger partial charge on any atom is 0.251 e. The molecule has 0 atom stereocenters. The zero-order chi connectivity index (χ0) is 20.9. The van der Waals surface area contributed by atoms with Crippen molar-refractivity contribution in [3.05, 3.63) is 28.8 Å². The molecule has 0 spiro atoms. The van der Waals surface area contributed by atoms with E-state index in [2.05, 4.69) is 22.0 Å². The molecular formula is C20H34N4O3S. The third-order valence-electron chi connectivity index (χ3n) is 5.49. The van der Waals surface area contributed by atoms with Crippen molar-refractivity contribution in [3.8, 4) is 0 Å². The van der Waals surface area contributed by atoms with Gasteiger partial charge in [0.05, 0.1) is 4.90 Å². The summed E-state index contributed by atoms with van der Waals surface area (Å²) in [5, 5.41) is 2.93. The molecule has 1 aromatic carbocycles. The van der Waals surface area contributed by atoms with Crippen LogP contribution in [0.2, 0.25) is 0 Å². The zero-order valence-corrected chi connectivity index (χ0v) is 18.6. The average Bonchev–Trinajstić information content (AvgIpc) is 2.67. The summed E-state index contributed by atoms with van der Waals surface area (Å²) in [6, 6.07) is 3.24. The third-order valence-corrected chi connectivity index (χ3v) is 7.43. The van der Waals surface area contributed by atoms with Crippen LogP contribution in [0, 0.1) is 13.8 Å². The van der Waals surface area contributed by atoms with Crippen molar-refractivity contribution >= 4 is 15.9 Å². The van der Waals surface area contributed by atoms with Crippen molar-refractivity contribution in [1.82, 2.24) is 19.4 Å². The minimum absolute atomic E-state index is 0.191. The minimum Gasteiger partial charge on any atom is -0.352 e. The van der Waals surface area contributed by atoms with Gasteiger partial charge in [0.15, 0.2) is 0 Å². The van der Waals surface area contributed by atoms with Crippen LogP contribution in [0.1, 0.15) is 34.8 Å². The normalized spacial score (nSPS) is 16.5. The molecule has 28 heavy (non-hydrogen) atoms. The standard InChI is InChI=1S/C20H34N4O3S/c1-6-23-10-12-24(13-11-23)9-7-8-21-20(25)18-14-16(2)17(3)19(15-18)28(26,27)22(4)5/h14-15H,6-13H2,1-5H3,(H,21,25). The van der Waals surface area contributed by atoms with Crippen LogP contribution in [0.25, 0.3) is 0 Å². The third kappa shape index (κ3) is 5.53. The average molecular weight is 411 g/mol. The highest BCUT2D eigenvalue weighted by atomic mass is 32.2. The number of hydrogen-bond acceptors (Lipinski definition) is 5. The van der Waals surface area contributed by atoms with Gasteiger partial charge in [-0.25, -0.2) is 12.7 Å². The van der Waals surface area contributed by atoms with Gasteiger partial charge in [-0.15, -0.1) is 0 Å². The van der Waals surface area contributed by atoms with Crippen LogP contribution >= 0.6 is 0 Å². The molecule has 1 aromatic rings. The first-order chi connectivity index (χ1) is 13.2. The summed E-state index contributed by atoms with van der Waals surface area (Å²) >= 11 is 0. The molecule has 1 aliphatic heterocycles. The molecular weight excluding hydrogens is 376 g/mol. The van der Waals surface area contributed by atoms with Crippen LogP contribution in [0.3, 0.4) is 0 Å². The summed E-state index contributed by atoms with van der Waals surface area (Å²) in [6.07, 6.45) is 0.881. The number of sulfonamides is 1. The molecule has 2 rings (SSSR count). The number of aryl methyl sites for hydroxylation is 1. The van der Waals surface area contributed by atoms with Crippen LogP contribution in [0.5, 0.6) is 0 Å². The van der Waals surface area contributed by atoms with Crippen LogP contribution in [-0.2, 0) is 10.0 Å². The van der Waals surface area contributed by atoms with Gasteiger partial charge in [-0.2, -0.15) is 0 Å². The van der Waals surface area contributed by atoms with E-state index >= 15 is 0 Å². The van der Waals surface area contributed by atoms with Gasteiger partial charge in [-0.05, 0) is 56.6 Å². The summed E-state index contributed by atoms with van der Waals surface area (Å²) in [4.78, 5) is 17.6. The Bertz CT molecular complexity index is 785. The summed E-state index contributed by atoms with van der Waals surface area (Å²) in [7, 11) is -0.595. The monoisotopic (exact) mass is 410 g/mol. The molecule has 0 radical (unpaired) electrons. The second kappa shape index (κ2) is 9.82. The van der Waals surface area contributed by atoms with Gasteiger partial charge in [0.1, 0.15) is 0 Å². The van der Waals surface area contributed by atoms with E-state index < -0.39 is 10.0 Å². The van der Waals surface area contributed by atoms with Crippen LogP contribution in [-0.4, -0.2) is 88.3 Å². The van der Waals surface area contributed by atoms with Crippen LogP contribution in [0.4, 0.5) is 0 Å². The molecule has 158 valence electrons. The fourth-order valence-corrected chi connectivity index (χ4v) is 4.58. The van der Waals surface area contributed by atoms with Gasteiger partial charge in [-0.1, -0.05) is 6.92 Å². The number of carbonyl (C=O) groups is 1. The molecule has 1 N–H and O–H groups in total. The van der Waals surface area contributed by atoms with E-state index in [0.717, 1.165) is 51.3 Å². The van der Waals surface area contributed by atoms with Crippen molar-refractivity contribution in [2.75, 3.05) is 59.9 Å². The lowest BCUT2D eigenvalue weighted by atomic mass is 10.1. The number of nitrogens with zero attached hydrogens (tertiary/aromatic N) is 3. The number of benzene rings is 1. The van der Waals surface area contributed by atoms with Crippen molar-refractivity contribution < 1.29 is 13.2 Å². The molecule has 0 aliphatic carbocycles. The number of piperazine rings is 1. The first kappa shape index (κ1) is 22.8. The van der Waals surface area contributed by atoms with Crippen LogP contribution in [0.15, 0.2) is 17.0 Å². The Balaban J connectivity index is 1.93. The lowest BCUT2D eigenvalue weighted by Gasteiger charge is -2.33. The highest BCUT2D eigenvalue weighted by Crippen LogP contribution is 2.23. The number of rotatable bonds is 8. The van der Waals surface area contributed by atoms with E-state index in [0.29, 0.717) is 17.7 Å². The fraction of sp³-hybridized carbons (Fsp3) is 0.650. The summed E-state index contributed by atoms with van der Waals surface area (Å²) in [5.41, 5.74) is 1.86. The maximum atomic E-state index is 12.6. The number of amides is 1. The van der Waals surface area contributed by atoms with Gasteiger partial charge in [-0.3, -0.25) is 4.79 Å². The Kier molecular flexibility index (Phi) is 8.00. The number of nitrogens with one attached hydrogen (secondary N) is 1. The van der Waals surface area contributed by atoms with E-state index in [9.17, 15) is 13.2 Å². The lowest BCUT2D eigenvalue weighted by Crippen LogP contribution is -2.46. The Morgan fingerprint density at radius 2 is 1.71 bits per heavy atom. The largest absolute Gasteiger partial charge is 0.352 e. The Hall–Kier alpha value is -1.48. The molecule has 1 amide bonds. The molecule has 1 aliphatic rings. The van der Waals surface area contributed by atoms with Gasteiger partial charge in [0.2, 0.25) is 10.0 Å². The second-order valence-electron chi connectivity index (χ2n) is 7.59. The summed E-state index contributed by atoms with van der Waals surface area (Å²) < 4.78 is 26.3. The molecule has 0 unspecified atom stereocenters. The number of hydrogen-bond donors (Lipinski definition) is 1. The molecule has 0 saturated carbocycles. The molecule has 1 heterocycles. The van der Waals surface area contributed by atoms with Crippen molar-refractivity contribution in [2.45, 2.75) is 32.1 Å². The second-order valence-corrected chi connectivity index (χ2v) is 9.71. The topological polar surface area (TPSA) is 73.0 Å². The van der Waals surface area contributed by atoms with E-state index in [1.165, 1.54) is 24.5 Å². The predicted molar refractivity (Wildman–Crippen MR) is 112 cm³/mol. The van der Waals surface area contributed by atoms with Gasteiger partial charge in [0.25, 0.3) is 5.91 Å². The molecule has 8 heteroatoms. The fourth-order valence-electron chi connectivity index (χ4n) is 3.36. The quantitative estimate of drug-likeness (QED) is 0.654. The molecule has 1 saturated heterocycles. The summed E-state index contributed by atoms with van der Waals surface area (Å²) in [6.45, 7) is 12.8. The molecule has 7 nitrogen and oxygen atoms in total. The SMILES string of the molecule is CCN1CCN(CCCNC(=O)c2cc(C)c(C)c(S(=O)(=O)N(C)C)c2)CC1. The van der Waals surface area contributed by atoms with Crippen LogP contribution < -0.4 is 5.32 Å². The first-order valence-electron chi connectivity index (χ1n) is 9.93. The first-order valence-corrected chi connectivity index (χ1v) is 11.4. The molecule has 0 bridgehead atoms. The van der Waals surface area contributed by atoms with Crippen molar-refractivity contribution in [2.24, 2.45) is 0 Å². The summed E-state index contributed by atoms with van der Waals surface area (Å²) in [5.74, 6) is -0.228. The Morgan fingerprint density at radius 3 is 2.29 bits per heavy atom. The van der Waals surface area contributed by atoms with Gasteiger partial charge < -0.3 is 15.1 Å². The minimum atomic E-state index is -3.59. The van der Waals surface area contributed by atoms with Crippen molar-refractivity contribution in [3.63, 3.8) is 0 Å². The van der Waals surface area contributed by atoms with E-state index in [-0.39, 0.29) is 10.8 Å². The smallest absolute Gasteiger partial charge is 0.251 e. The molecule has 0 aromatic heterocycles. The Morgan fingerprint density at radius 1 is 1.11 bits per heavy atom. The Labute approximate surface area is 169 Å². The zero-order valence-electron chi connectivity index (χ0n) is 17.8. The van der Waals surface area contributed by atoms with E-state index in [1.54, 1.807) is 13.0 Å². The highest BCUT2D eigenvalue weighted by molar-refractivity contribution is 7.89. The van der Waals surface area contributed by atoms with E-state index in [1.807, 2.05) is 6.92 Å². The number of carbonyl (C=O) groups excluding carboxylic acids is 1. The highest BCUT2D eigenvalue weighted by Gasteiger charge is 2.23. The maximum absolute atomic E-state index is 12.6. The molecule has 1 fully saturated rings. The lowest BCUT2D eigenvalue weighted by molar-refractivity contribution is 0.0948. The van der Waals surface area contributed by atoms with Gasteiger partial charge >= 0.3 is 0 Å².